The Morgan fingerprint density at radius 1 is 1.05 bits per heavy atom. The average Bonchev–Trinajstić information content (AvgIpc) is 2.87. The van der Waals surface area contributed by atoms with Gasteiger partial charge in [-0.3, -0.25) is 0 Å². The molecule has 1 heterocycles. The van der Waals surface area contributed by atoms with E-state index in [4.69, 9.17) is 16.0 Å². The number of alkyl halides is 3. The first-order valence-corrected chi connectivity index (χ1v) is 6.47. The van der Waals surface area contributed by atoms with E-state index >= 15 is 0 Å². The van der Waals surface area contributed by atoms with Crippen LogP contribution in [0, 0.1) is 6.92 Å². The number of halogens is 4. The Balaban J connectivity index is 2.06. The Morgan fingerprint density at radius 3 is 2.33 bits per heavy atom. The highest BCUT2D eigenvalue weighted by molar-refractivity contribution is 6.35. The monoisotopic (exact) mass is 311 g/mol. The molecule has 0 aliphatic carbocycles. The van der Waals surface area contributed by atoms with Gasteiger partial charge in [-0.25, -0.2) is 4.98 Å². The molecule has 21 heavy (non-hydrogen) atoms. The molecule has 108 valence electrons. The van der Waals surface area contributed by atoms with E-state index in [2.05, 4.69) is 4.98 Å². The van der Waals surface area contributed by atoms with Crippen molar-refractivity contribution in [1.82, 2.24) is 4.98 Å². The average molecular weight is 312 g/mol. The summed E-state index contributed by atoms with van der Waals surface area (Å²) in [6, 6.07) is 8.22. The zero-order chi connectivity index (χ0) is 15.2. The van der Waals surface area contributed by atoms with Gasteiger partial charge in [0.1, 0.15) is 5.52 Å². The summed E-state index contributed by atoms with van der Waals surface area (Å²) in [5.74, 6) is 0.242. The molecule has 0 radical (unpaired) electrons. The normalized spacial score (nSPS) is 12.0. The van der Waals surface area contributed by atoms with Crippen molar-refractivity contribution in [2.45, 2.75) is 13.1 Å². The number of nitrogens with zero attached hydrogens (tertiary/aromatic N) is 1. The maximum Gasteiger partial charge on any atom is 0.416 e. The standard InChI is InChI=1S/C15H9ClF3NO/c1-8-2-7-11-13(12(8)16)21-14(20-11)9-3-5-10(6-4-9)15(17,18)19/h2-7H,1H3. The molecular formula is C15H9ClF3NO. The quantitative estimate of drug-likeness (QED) is 0.595. The molecule has 0 aliphatic heterocycles. The number of benzene rings is 2. The number of hydrogen-bond donors (Lipinski definition) is 0. The van der Waals surface area contributed by atoms with Crippen LogP contribution in [0.15, 0.2) is 40.8 Å². The Bertz CT molecular complexity index is 806. The lowest BCUT2D eigenvalue weighted by Crippen LogP contribution is -2.03. The molecule has 2 aromatic carbocycles. The van der Waals surface area contributed by atoms with Crippen molar-refractivity contribution in [2.24, 2.45) is 0 Å². The van der Waals surface area contributed by atoms with Crippen molar-refractivity contribution in [3.8, 4) is 11.5 Å². The molecule has 0 atom stereocenters. The van der Waals surface area contributed by atoms with Gasteiger partial charge in [0, 0.05) is 5.56 Å². The summed E-state index contributed by atoms with van der Waals surface area (Å²) in [4.78, 5) is 4.24. The molecule has 0 unspecified atom stereocenters. The van der Waals surface area contributed by atoms with E-state index in [1.54, 1.807) is 6.07 Å². The lowest BCUT2D eigenvalue weighted by molar-refractivity contribution is -0.137. The molecule has 0 spiro atoms. The molecule has 2 nitrogen and oxygen atoms in total. The van der Waals surface area contributed by atoms with Gasteiger partial charge in [-0.2, -0.15) is 13.2 Å². The Labute approximate surface area is 123 Å². The van der Waals surface area contributed by atoms with Crippen LogP contribution in [0.3, 0.4) is 0 Å². The van der Waals surface area contributed by atoms with Crippen molar-refractivity contribution in [1.29, 1.82) is 0 Å². The van der Waals surface area contributed by atoms with Crippen LogP contribution in [-0.4, -0.2) is 4.98 Å². The van der Waals surface area contributed by atoms with Crippen LogP contribution in [0.4, 0.5) is 13.2 Å². The molecule has 0 amide bonds. The van der Waals surface area contributed by atoms with Crippen LogP contribution < -0.4 is 0 Å². The summed E-state index contributed by atoms with van der Waals surface area (Å²) in [6.07, 6.45) is -4.36. The molecule has 0 saturated heterocycles. The van der Waals surface area contributed by atoms with Gasteiger partial charge in [-0.05, 0) is 42.8 Å². The zero-order valence-corrected chi connectivity index (χ0v) is 11.6. The van der Waals surface area contributed by atoms with E-state index in [0.717, 1.165) is 17.7 Å². The van der Waals surface area contributed by atoms with E-state index in [9.17, 15) is 13.2 Å². The van der Waals surface area contributed by atoms with Gasteiger partial charge >= 0.3 is 6.18 Å². The van der Waals surface area contributed by atoms with E-state index in [0.29, 0.717) is 21.7 Å². The minimum atomic E-state index is -4.36. The van der Waals surface area contributed by atoms with Crippen molar-refractivity contribution in [3.05, 3.63) is 52.5 Å². The number of hydrogen-bond acceptors (Lipinski definition) is 2. The van der Waals surface area contributed by atoms with Gasteiger partial charge in [0.05, 0.1) is 10.6 Å². The number of oxazole rings is 1. The lowest BCUT2D eigenvalue weighted by atomic mass is 10.1. The van der Waals surface area contributed by atoms with Crippen LogP contribution >= 0.6 is 11.6 Å². The van der Waals surface area contributed by atoms with E-state index in [1.165, 1.54) is 12.1 Å². The van der Waals surface area contributed by atoms with Crippen LogP contribution in [-0.2, 0) is 6.18 Å². The highest BCUT2D eigenvalue weighted by Crippen LogP contribution is 2.33. The Hall–Kier alpha value is -2.01. The van der Waals surface area contributed by atoms with E-state index in [1.807, 2.05) is 13.0 Å². The topological polar surface area (TPSA) is 26.0 Å². The fourth-order valence-corrected chi connectivity index (χ4v) is 2.18. The maximum absolute atomic E-state index is 12.5. The van der Waals surface area contributed by atoms with Gasteiger partial charge in [0.15, 0.2) is 5.58 Å². The molecular weight excluding hydrogens is 303 g/mol. The molecule has 1 aromatic heterocycles. The van der Waals surface area contributed by atoms with Crippen LogP contribution in [0.5, 0.6) is 0 Å². The van der Waals surface area contributed by atoms with Crippen LogP contribution in [0.25, 0.3) is 22.6 Å². The predicted molar refractivity (Wildman–Crippen MR) is 74.2 cm³/mol. The fraction of sp³-hybridized carbons (Fsp3) is 0.133. The third-order valence-electron chi connectivity index (χ3n) is 3.15. The van der Waals surface area contributed by atoms with Gasteiger partial charge in [0.2, 0.25) is 5.89 Å². The van der Waals surface area contributed by atoms with Gasteiger partial charge < -0.3 is 4.42 Å². The van der Waals surface area contributed by atoms with Gasteiger partial charge in [-0.15, -0.1) is 0 Å². The number of aromatic nitrogens is 1. The first kappa shape index (κ1) is 13.9. The summed E-state index contributed by atoms with van der Waals surface area (Å²) in [7, 11) is 0. The Morgan fingerprint density at radius 2 is 1.71 bits per heavy atom. The van der Waals surface area contributed by atoms with Crippen LogP contribution in [0.1, 0.15) is 11.1 Å². The van der Waals surface area contributed by atoms with E-state index < -0.39 is 11.7 Å². The number of rotatable bonds is 1. The van der Waals surface area contributed by atoms with Crippen molar-refractivity contribution >= 4 is 22.7 Å². The first-order valence-electron chi connectivity index (χ1n) is 6.09. The summed E-state index contributed by atoms with van der Waals surface area (Å²) in [6.45, 7) is 1.84. The molecule has 0 saturated carbocycles. The van der Waals surface area contributed by atoms with Crippen molar-refractivity contribution in [3.63, 3.8) is 0 Å². The summed E-state index contributed by atoms with van der Waals surface area (Å²) < 4.78 is 43.2. The van der Waals surface area contributed by atoms with Crippen molar-refractivity contribution in [2.75, 3.05) is 0 Å². The summed E-state index contributed by atoms with van der Waals surface area (Å²) in [5.41, 5.74) is 1.61. The third-order valence-corrected chi connectivity index (χ3v) is 3.62. The highest BCUT2D eigenvalue weighted by Gasteiger charge is 2.30. The molecule has 3 rings (SSSR count). The molecule has 0 fully saturated rings. The molecule has 0 bridgehead atoms. The van der Waals surface area contributed by atoms with Gasteiger partial charge in [0.25, 0.3) is 0 Å². The lowest BCUT2D eigenvalue weighted by Gasteiger charge is -2.05. The summed E-state index contributed by atoms with van der Waals surface area (Å²) in [5, 5.41) is 0.457. The molecule has 0 N–H and O–H groups in total. The second-order valence-corrected chi connectivity index (χ2v) is 5.02. The zero-order valence-electron chi connectivity index (χ0n) is 10.8. The minimum Gasteiger partial charge on any atom is -0.435 e. The predicted octanol–water partition coefficient (Wildman–Crippen LogP) is 5.48. The molecule has 6 heteroatoms. The number of fused-ring (bicyclic) bond motifs is 1. The molecule has 0 aliphatic rings. The highest BCUT2D eigenvalue weighted by atomic mass is 35.5. The number of aryl methyl sites for hydroxylation is 1. The third kappa shape index (κ3) is 2.49. The first-order chi connectivity index (χ1) is 9.86. The Kier molecular flexibility index (Phi) is 3.17. The van der Waals surface area contributed by atoms with E-state index in [-0.39, 0.29) is 5.89 Å². The SMILES string of the molecule is Cc1ccc2nc(-c3ccc(C(F)(F)F)cc3)oc2c1Cl. The second-order valence-electron chi connectivity index (χ2n) is 4.64. The fourth-order valence-electron chi connectivity index (χ4n) is 1.98. The largest absolute Gasteiger partial charge is 0.435 e. The maximum atomic E-state index is 12.5. The van der Waals surface area contributed by atoms with Crippen molar-refractivity contribution < 1.29 is 17.6 Å². The van der Waals surface area contributed by atoms with Gasteiger partial charge in [-0.1, -0.05) is 17.7 Å². The summed E-state index contributed by atoms with van der Waals surface area (Å²) >= 11 is 6.13. The smallest absolute Gasteiger partial charge is 0.416 e. The molecule has 3 aromatic rings. The second kappa shape index (κ2) is 4.77. The van der Waals surface area contributed by atoms with Crippen LogP contribution in [0.2, 0.25) is 5.02 Å². The minimum absolute atomic E-state index is 0.242.